The topological polar surface area (TPSA) is 17.8 Å². The van der Waals surface area contributed by atoms with Crippen LogP contribution in [0.15, 0.2) is 120 Å². The summed E-state index contributed by atoms with van der Waals surface area (Å²) in [5, 5.41) is 2.43. The molecule has 2 heterocycles. The van der Waals surface area contributed by atoms with E-state index in [0.717, 1.165) is 38.1 Å². The predicted octanol–water partition coefficient (Wildman–Crippen LogP) is 8.28. The molecule has 2 aromatic heterocycles. The molecule has 32 heavy (non-hydrogen) atoms. The van der Waals surface area contributed by atoms with Crippen LogP contribution in [0.3, 0.4) is 0 Å². The molecular formula is C29H19BrN2. The average molecular weight is 475 g/mol. The van der Waals surface area contributed by atoms with E-state index in [1.165, 1.54) is 16.3 Å². The molecule has 0 fully saturated rings. The number of benzene rings is 4. The van der Waals surface area contributed by atoms with Gasteiger partial charge in [-0.3, -0.25) is 4.57 Å². The van der Waals surface area contributed by atoms with E-state index in [1.54, 1.807) is 0 Å². The van der Waals surface area contributed by atoms with E-state index in [-0.39, 0.29) is 0 Å². The van der Waals surface area contributed by atoms with Crippen LogP contribution >= 0.6 is 15.9 Å². The van der Waals surface area contributed by atoms with Crippen LogP contribution in [0.25, 0.3) is 50.0 Å². The summed E-state index contributed by atoms with van der Waals surface area (Å²) in [5.41, 5.74) is 6.69. The Kier molecular flexibility index (Phi) is 4.62. The van der Waals surface area contributed by atoms with Crippen LogP contribution in [-0.2, 0) is 0 Å². The van der Waals surface area contributed by atoms with E-state index >= 15 is 0 Å². The fraction of sp³-hybridized carbons (Fsp3) is 0. The second-order valence-electron chi connectivity index (χ2n) is 7.85. The average Bonchev–Trinajstić information content (AvgIpc) is 3.18. The molecule has 4 aromatic carbocycles. The van der Waals surface area contributed by atoms with Crippen molar-refractivity contribution in [3.05, 3.63) is 120 Å². The maximum absolute atomic E-state index is 5.15. The first kappa shape index (κ1) is 19.0. The second-order valence-corrected chi connectivity index (χ2v) is 8.76. The largest absolute Gasteiger partial charge is 0.294 e. The maximum Gasteiger partial charge on any atom is 0.138 e. The smallest absolute Gasteiger partial charge is 0.138 e. The fourth-order valence-electron chi connectivity index (χ4n) is 4.38. The highest BCUT2D eigenvalue weighted by Crippen LogP contribution is 2.35. The summed E-state index contributed by atoms with van der Waals surface area (Å²) in [6.07, 6.45) is 0. The van der Waals surface area contributed by atoms with Gasteiger partial charge in [0.2, 0.25) is 0 Å². The zero-order valence-corrected chi connectivity index (χ0v) is 18.8. The zero-order chi connectivity index (χ0) is 21.5. The van der Waals surface area contributed by atoms with Crippen molar-refractivity contribution in [2.75, 3.05) is 0 Å². The summed E-state index contributed by atoms with van der Waals surface area (Å²) in [7, 11) is 0. The lowest BCUT2D eigenvalue weighted by molar-refractivity contribution is 1.08. The highest BCUT2D eigenvalue weighted by molar-refractivity contribution is 9.10. The van der Waals surface area contributed by atoms with Crippen LogP contribution in [-0.4, -0.2) is 9.55 Å². The summed E-state index contributed by atoms with van der Waals surface area (Å²) in [6.45, 7) is 0. The third-order valence-corrected chi connectivity index (χ3v) is 6.35. The van der Waals surface area contributed by atoms with Crippen molar-refractivity contribution in [2.45, 2.75) is 0 Å². The Hall–Kier alpha value is -3.69. The Balaban J connectivity index is 1.70. The van der Waals surface area contributed by atoms with Crippen molar-refractivity contribution in [3.8, 4) is 28.2 Å². The van der Waals surface area contributed by atoms with Crippen molar-refractivity contribution in [1.82, 2.24) is 9.55 Å². The summed E-state index contributed by atoms with van der Waals surface area (Å²) >= 11 is 3.64. The van der Waals surface area contributed by atoms with E-state index in [2.05, 4.69) is 130 Å². The number of hydrogen-bond donors (Lipinski definition) is 0. The highest BCUT2D eigenvalue weighted by atomic mass is 79.9. The molecule has 0 aliphatic carbocycles. The van der Waals surface area contributed by atoms with Gasteiger partial charge in [0.05, 0.1) is 16.7 Å². The maximum atomic E-state index is 5.15. The lowest BCUT2D eigenvalue weighted by Gasteiger charge is -2.13. The SMILES string of the molecule is Brc1ccc2c(c1)c1ccccc1n2-c1cc(-c2ccccc2)cc(-c2ccccc2)n1. The predicted molar refractivity (Wildman–Crippen MR) is 137 cm³/mol. The Morgan fingerprint density at radius 2 is 1.19 bits per heavy atom. The summed E-state index contributed by atoms with van der Waals surface area (Å²) in [4.78, 5) is 5.15. The Morgan fingerprint density at radius 1 is 0.531 bits per heavy atom. The third kappa shape index (κ3) is 3.22. The van der Waals surface area contributed by atoms with Gasteiger partial charge in [-0.1, -0.05) is 94.8 Å². The molecule has 6 rings (SSSR count). The Morgan fingerprint density at radius 3 is 1.97 bits per heavy atom. The molecule has 0 unspecified atom stereocenters. The standard InChI is InChI=1S/C29H19BrN2/c30-23-15-16-28-25(19-23)24-13-7-8-14-27(24)32(28)29-18-22(20-9-3-1-4-10-20)17-26(31-29)21-11-5-2-6-12-21/h1-19H. The molecule has 0 bridgehead atoms. The van der Waals surface area contributed by atoms with Crippen LogP contribution in [0.2, 0.25) is 0 Å². The summed E-state index contributed by atoms with van der Waals surface area (Å²) < 4.78 is 3.35. The minimum atomic E-state index is 0.915. The van der Waals surface area contributed by atoms with Gasteiger partial charge in [0.25, 0.3) is 0 Å². The number of nitrogens with zero attached hydrogens (tertiary/aromatic N) is 2. The quantitative estimate of drug-likeness (QED) is 0.252. The van der Waals surface area contributed by atoms with Gasteiger partial charge in [-0.25, -0.2) is 4.98 Å². The molecule has 0 spiro atoms. The summed E-state index contributed by atoms with van der Waals surface area (Å²) in [6, 6.07) is 40.2. The Labute approximate surface area is 194 Å². The first-order valence-corrected chi connectivity index (χ1v) is 11.4. The number of fused-ring (bicyclic) bond motifs is 3. The molecule has 0 atom stereocenters. The van der Waals surface area contributed by atoms with Crippen molar-refractivity contribution in [3.63, 3.8) is 0 Å². The molecule has 2 nitrogen and oxygen atoms in total. The van der Waals surface area contributed by atoms with Gasteiger partial charge in [-0.05, 0) is 47.5 Å². The van der Waals surface area contributed by atoms with Crippen molar-refractivity contribution in [2.24, 2.45) is 0 Å². The normalized spacial score (nSPS) is 11.3. The van der Waals surface area contributed by atoms with Crippen molar-refractivity contribution >= 4 is 37.7 Å². The Bertz CT molecular complexity index is 1510. The molecule has 0 saturated carbocycles. The second kappa shape index (κ2) is 7.77. The lowest BCUT2D eigenvalue weighted by atomic mass is 10.0. The fourth-order valence-corrected chi connectivity index (χ4v) is 4.74. The molecule has 0 saturated heterocycles. The van der Waals surface area contributed by atoms with Crippen molar-refractivity contribution in [1.29, 1.82) is 0 Å². The van der Waals surface area contributed by atoms with Crippen LogP contribution < -0.4 is 0 Å². The monoisotopic (exact) mass is 474 g/mol. The van der Waals surface area contributed by atoms with Crippen LogP contribution in [0.4, 0.5) is 0 Å². The molecule has 0 amide bonds. The van der Waals surface area contributed by atoms with Gasteiger partial charge >= 0.3 is 0 Å². The van der Waals surface area contributed by atoms with Crippen LogP contribution in [0.1, 0.15) is 0 Å². The summed E-state index contributed by atoms with van der Waals surface area (Å²) in [5.74, 6) is 0.915. The molecule has 3 heteroatoms. The molecule has 0 N–H and O–H groups in total. The zero-order valence-electron chi connectivity index (χ0n) is 17.2. The van der Waals surface area contributed by atoms with E-state index in [9.17, 15) is 0 Å². The van der Waals surface area contributed by atoms with E-state index in [1.807, 2.05) is 6.07 Å². The number of pyridine rings is 1. The lowest BCUT2D eigenvalue weighted by Crippen LogP contribution is -2.00. The first-order valence-electron chi connectivity index (χ1n) is 10.6. The van der Waals surface area contributed by atoms with E-state index in [0.29, 0.717) is 0 Å². The molecule has 0 radical (unpaired) electrons. The molecule has 0 aliphatic rings. The number of rotatable bonds is 3. The molecule has 152 valence electrons. The first-order chi connectivity index (χ1) is 15.8. The molecule has 0 aliphatic heterocycles. The number of halogens is 1. The molecule has 6 aromatic rings. The number of aromatic nitrogens is 2. The number of hydrogen-bond acceptors (Lipinski definition) is 1. The van der Waals surface area contributed by atoms with Gasteiger partial charge in [0.15, 0.2) is 0 Å². The van der Waals surface area contributed by atoms with Gasteiger partial charge in [-0.2, -0.15) is 0 Å². The van der Waals surface area contributed by atoms with Gasteiger partial charge in [0.1, 0.15) is 5.82 Å². The molecular weight excluding hydrogens is 456 g/mol. The van der Waals surface area contributed by atoms with E-state index in [4.69, 9.17) is 4.98 Å². The minimum absolute atomic E-state index is 0.915. The third-order valence-electron chi connectivity index (χ3n) is 5.85. The van der Waals surface area contributed by atoms with Gasteiger partial charge in [0, 0.05) is 20.8 Å². The van der Waals surface area contributed by atoms with E-state index < -0.39 is 0 Å². The van der Waals surface area contributed by atoms with Crippen molar-refractivity contribution < 1.29 is 0 Å². The number of para-hydroxylation sites is 1. The van der Waals surface area contributed by atoms with Crippen LogP contribution in [0, 0.1) is 0 Å². The minimum Gasteiger partial charge on any atom is -0.294 e. The van der Waals surface area contributed by atoms with Crippen LogP contribution in [0.5, 0.6) is 0 Å². The van der Waals surface area contributed by atoms with Gasteiger partial charge < -0.3 is 0 Å². The highest BCUT2D eigenvalue weighted by Gasteiger charge is 2.15. The van der Waals surface area contributed by atoms with Gasteiger partial charge in [-0.15, -0.1) is 0 Å².